The second kappa shape index (κ2) is 5.46. The molecule has 0 saturated carbocycles. The lowest BCUT2D eigenvalue weighted by Gasteiger charge is -1.99. The van der Waals surface area contributed by atoms with E-state index in [9.17, 15) is 13.2 Å². The Morgan fingerprint density at radius 1 is 1.07 bits per heavy atom. The van der Waals surface area contributed by atoms with E-state index in [0.717, 1.165) is 6.29 Å². The van der Waals surface area contributed by atoms with E-state index >= 15 is 0 Å². The minimum atomic E-state index is -3.24. The Hall–Kier alpha value is -1.42. The van der Waals surface area contributed by atoms with Crippen molar-refractivity contribution in [2.75, 3.05) is 5.75 Å². The monoisotopic (exact) mass is 224 g/mol. The Kier molecular flexibility index (Phi) is 4.24. The van der Waals surface area contributed by atoms with E-state index in [0.29, 0.717) is 4.90 Å². The molecule has 0 aliphatic carbocycles. The fourth-order valence-electron chi connectivity index (χ4n) is 1.07. The van der Waals surface area contributed by atoms with E-state index in [1.54, 1.807) is 36.4 Å². The van der Waals surface area contributed by atoms with Crippen molar-refractivity contribution in [3.63, 3.8) is 0 Å². The largest absolute Gasteiger partial charge is 0.303 e. The molecule has 0 aliphatic heterocycles. The molecular formula is C11H12O3S. The van der Waals surface area contributed by atoms with Gasteiger partial charge in [-0.05, 0) is 12.1 Å². The average Bonchev–Trinajstić information content (AvgIpc) is 2.26. The number of hydrogen-bond donors (Lipinski definition) is 0. The number of hydrogen-bond acceptors (Lipinski definition) is 3. The molecule has 0 radical (unpaired) electrons. The molecule has 3 nitrogen and oxygen atoms in total. The van der Waals surface area contributed by atoms with Crippen molar-refractivity contribution in [2.24, 2.45) is 0 Å². The van der Waals surface area contributed by atoms with Crippen LogP contribution in [-0.4, -0.2) is 20.5 Å². The first-order chi connectivity index (χ1) is 7.17. The first-order valence-corrected chi connectivity index (χ1v) is 6.18. The summed E-state index contributed by atoms with van der Waals surface area (Å²) in [5, 5.41) is 0. The van der Waals surface area contributed by atoms with Crippen molar-refractivity contribution in [2.45, 2.75) is 11.3 Å². The van der Waals surface area contributed by atoms with Gasteiger partial charge in [0.15, 0.2) is 9.84 Å². The van der Waals surface area contributed by atoms with Crippen molar-refractivity contribution in [3.05, 3.63) is 42.5 Å². The van der Waals surface area contributed by atoms with Gasteiger partial charge in [0, 0.05) is 6.42 Å². The SMILES string of the molecule is O=CC/C=C/CS(=O)(=O)c1ccccc1. The third-order valence-corrected chi connectivity index (χ3v) is 3.44. The van der Waals surface area contributed by atoms with E-state index in [-0.39, 0.29) is 12.2 Å². The summed E-state index contributed by atoms with van der Waals surface area (Å²) in [4.78, 5) is 10.3. The molecule has 0 atom stereocenters. The van der Waals surface area contributed by atoms with Crippen LogP contribution in [0.4, 0.5) is 0 Å². The maximum absolute atomic E-state index is 11.7. The third-order valence-electron chi connectivity index (χ3n) is 1.82. The highest BCUT2D eigenvalue weighted by Gasteiger charge is 2.10. The standard InChI is InChI=1S/C11H12O3S/c12-9-5-2-6-10-15(13,14)11-7-3-1-4-8-11/h1-4,6-9H,5,10H2/b6-2+. The van der Waals surface area contributed by atoms with E-state index in [2.05, 4.69) is 0 Å². The van der Waals surface area contributed by atoms with Crippen LogP contribution in [0.5, 0.6) is 0 Å². The number of benzene rings is 1. The lowest BCUT2D eigenvalue weighted by molar-refractivity contribution is -0.107. The number of sulfone groups is 1. The van der Waals surface area contributed by atoms with Crippen LogP contribution >= 0.6 is 0 Å². The van der Waals surface area contributed by atoms with Crippen molar-refractivity contribution in [1.82, 2.24) is 0 Å². The smallest absolute Gasteiger partial charge is 0.181 e. The predicted octanol–water partition coefficient (Wildman–Crippen LogP) is 1.61. The van der Waals surface area contributed by atoms with Crippen molar-refractivity contribution in [1.29, 1.82) is 0 Å². The summed E-state index contributed by atoms with van der Waals surface area (Å²) in [6, 6.07) is 8.25. The van der Waals surface area contributed by atoms with Gasteiger partial charge in [-0.1, -0.05) is 30.4 Å². The van der Waals surface area contributed by atoms with Crippen molar-refractivity contribution >= 4 is 16.1 Å². The van der Waals surface area contributed by atoms with Crippen LogP contribution in [0.15, 0.2) is 47.4 Å². The van der Waals surface area contributed by atoms with Crippen LogP contribution in [0.25, 0.3) is 0 Å². The lowest BCUT2D eigenvalue weighted by Crippen LogP contribution is -2.04. The summed E-state index contributed by atoms with van der Waals surface area (Å²) in [5.41, 5.74) is 0. The van der Waals surface area contributed by atoms with Gasteiger partial charge in [0.2, 0.25) is 0 Å². The molecule has 0 aromatic heterocycles. The van der Waals surface area contributed by atoms with Gasteiger partial charge in [0.25, 0.3) is 0 Å². The molecule has 1 aromatic rings. The summed E-state index contributed by atoms with van der Waals surface area (Å²) in [6.45, 7) is 0. The molecule has 15 heavy (non-hydrogen) atoms. The van der Waals surface area contributed by atoms with Crippen LogP contribution in [0, 0.1) is 0 Å². The van der Waals surface area contributed by atoms with Gasteiger partial charge < -0.3 is 4.79 Å². The van der Waals surface area contributed by atoms with Gasteiger partial charge in [-0.25, -0.2) is 8.42 Å². The van der Waals surface area contributed by atoms with E-state index in [1.165, 1.54) is 6.08 Å². The molecule has 80 valence electrons. The normalized spacial score (nSPS) is 11.7. The Balaban J connectivity index is 2.73. The number of carbonyl (C=O) groups is 1. The zero-order valence-corrected chi connectivity index (χ0v) is 8.98. The van der Waals surface area contributed by atoms with Crippen LogP contribution < -0.4 is 0 Å². The summed E-state index contributed by atoms with van der Waals surface area (Å²) >= 11 is 0. The molecule has 0 heterocycles. The first kappa shape index (κ1) is 11.7. The molecule has 0 spiro atoms. The Labute approximate surface area is 89.4 Å². The molecule has 0 fully saturated rings. The van der Waals surface area contributed by atoms with E-state index in [4.69, 9.17) is 0 Å². The van der Waals surface area contributed by atoms with Gasteiger partial charge in [-0.2, -0.15) is 0 Å². The fraction of sp³-hybridized carbons (Fsp3) is 0.182. The zero-order chi connectivity index (χ0) is 11.1. The van der Waals surface area contributed by atoms with Gasteiger partial charge >= 0.3 is 0 Å². The van der Waals surface area contributed by atoms with Crippen LogP contribution in [0.2, 0.25) is 0 Å². The number of aldehydes is 1. The van der Waals surface area contributed by atoms with Gasteiger partial charge in [-0.15, -0.1) is 0 Å². The molecule has 0 unspecified atom stereocenters. The van der Waals surface area contributed by atoms with E-state index < -0.39 is 9.84 Å². The number of carbonyl (C=O) groups excluding carboxylic acids is 1. The van der Waals surface area contributed by atoms with Crippen molar-refractivity contribution in [3.8, 4) is 0 Å². The summed E-state index contributed by atoms with van der Waals surface area (Å²) in [5.74, 6) is -0.0646. The topological polar surface area (TPSA) is 51.2 Å². The minimum absolute atomic E-state index is 0.0646. The highest BCUT2D eigenvalue weighted by molar-refractivity contribution is 7.91. The van der Waals surface area contributed by atoms with Gasteiger partial charge in [0.1, 0.15) is 6.29 Å². The Morgan fingerprint density at radius 2 is 1.73 bits per heavy atom. The number of allylic oxidation sites excluding steroid dienone is 1. The summed E-state index contributed by atoms with van der Waals surface area (Å²) in [7, 11) is -3.24. The molecule has 0 saturated heterocycles. The Morgan fingerprint density at radius 3 is 2.33 bits per heavy atom. The van der Waals surface area contributed by atoms with E-state index in [1.807, 2.05) is 0 Å². The van der Waals surface area contributed by atoms with Gasteiger partial charge in [0.05, 0.1) is 10.6 Å². The lowest BCUT2D eigenvalue weighted by atomic mass is 10.4. The maximum Gasteiger partial charge on any atom is 0.181 e. The first-order valence-electron chi connectivity index (χ1n) is 4.53. The molecule has 1 aromatic carbocycles. The van der Waals surface area contributed by atoms with Crippen molar-refractivity contribution < 1.29 is 13.2 Å². The predicted molar refractivity (Wildman–Crippen MR) is 58.3 cm³/mol. The number of rotatable bonds is 5. The zero-order valence-electron chi connectivity index (χ0n) is 8.17. The summed E-state index contributed by atoms with van der Waals surface area (Å²) in [6.07, 6.45) is 4.03. The van der Waals surface area contributed by atoms with Crippen LogP contribution in [0.3, 0.4) is 0 Å². The molecule has 0 N–H and O–H groups in total. The Bertz CT molecular complexity index is 432. The van der Waals surface area contributed by atoms with Crippen LogP contribution in [0.1, 0.15) is 6.42 Å². The molecule has 0 bridgehead atoms. The highest BCUT2D eigenvalue weighted by Crippen LogP contribution is 2.09. The maximum atomic E-state index is 11.7. The second-order valence-corrected chi connectivity index (χ2v) is 5.00. The average molecular weight is 224 g/mol. The molecule has 4 heteroatoms. The van der Waals surface area contributed by atoms with Gasteiger partial charge in [-0.3, -0.25) is 0 Å². The molecule has 0 aliphatic rings. The molecule has 0 amide bonds. The van der Waals surface area contributed by atoms with Crippen LogP contribution in [-0.2, 0) is 14.6 Å². The fourth-order valence-corrected chi connectivity index (χ4v) is 2.22. The molecular weight excluding hydrogens is 212 g/mol. The summed E-state index contributed by atoms with van der Waals surface area (Å²) < 4.78 is 23.3. The highest BCUT2D eigenvalue weighted by atomic mass is 32.2. The third kappa shape index (κ3) is 3.67. The minimum Gasteiger partial charge on any atom is -0.303 e. The molecule has 1 rings (SSSR count). The second-order valence-electron chi connectivity index (χ2n) is 2.97. The quantitative estimate of drug-likeness (QED) is 0.564.